The fourth-order valence-electron chi connectivity index (χ4n) is 2.21. The van der Waals surface area contributed by atoms with Gasteiger partial charge in [-0.05, 0) is 30.4 Å². The van der Waals surface area contributed by atoms with Crippen molar-refractivity contribution in [3.8, 4) is 0 Å². The predicted octanol–water partition coefficient (Wildman–Crippen LogP) is 3.08. The molecule has 13 heavy (non-hydrogen) atoms. The van der Waals surface area contributed by atoms with Gasteiger partial charge < -0.3 is 0 Å². The highest BCUT2D eigenvalue weighted by Gasteiger charge is 2.28. The Hall–Kier alpha value is -1.11. The van der Waals surface area contributed by atoms with Crippen molar-refractivity contribution in [2.75, 3.05) is 0 Å². The molecular formula is C12H14O. The first-order chi connectivity index (χ1) is 6.24. The second-order valence-electron chi connectivity index (χ2n) is 3.77. The Morgan fingerprint density at radius 2 is 2.23 bits per heavy atom. The molecule has 0 heterocycles. The van der Waals surface area contributed by atoms with Crippen molar-refractivity contribution in [3.05, 3.63) is 34.9 Å². The van der Waals surface area contributed by atoms with Gasteiger partial charge in [0.1, 0.15) is 0 Å². The maximum atomic E-state index is 11.7. The lowest BCUT2D eigenvalue weighted by atomic mass is 9.97. The zero-order valence-corrected chi connectivity index (χ0v) is 8.13. The zero-order valence-electron chi connectivity index (χ0n) is 8.13. The number of aryl methyl sites for hydroxylation is 1. The van der Waals surface area contributed by atoms with Gasteiger partial charge in [-0.25, -0.2) is 0 Å². The summed E-state index contributed by atoms with van der Waals surface area (Å²) in [6, 6.07) is 6.17. The minimum Gasteiger partial charge on any atom is -0.294 e. The first-order valence-electron chi connectivity index (χ1n) is 4.86. The van der Waals surface area contributed by atoms with Crippen LogP contribution in [-0.2, 0) is 0 Å². The molecule has 1 aromatic rings. The van der Waals surface area contributed by atoms with Crippen molar-refractivity contribution in [1.82, 2.24) is 0 Å². The van der Waals surface area contributed by atoms with E-state index in [0.29, 0.717) is 11.7 Å². The second-order valence-corrected chi connectivity index (χ2v) is 3.77. The van der Waals surface area contributed by atoms with E-state index in [0.717, 1.165) is 24.0 Å². The Morgan fingerprint density at radius 3 is 2.92 bits per heavy atom. The van der Waals surface area contributed by atoms with Crippen LogP contribution in [0.15, 0.2) is 18.2 Å². The maximum absolute atomic E-state index is 11.7. The Bertz CT molecular complexity index is 352. The molecule has 0 aliphatic heterocycles. The number of fused-ring (bicyclic) bond motifs is 1. The van der Waals surface area contributed by atoms with E-state index in [4.69, 9.17) is 0 Å². The van der Waals surface area contributed by atoms with Crippen LogP contribution in [0, 0.1) is 6.92 Å². The van der Waals surface area contributed by atoms with E-state index < -0.39 is 0 Å². The van der Waals surface area contributed by atoms with Gasteiger partial charge >= 0.3 is 0 Å². The smallest absolute Gasteiger partial charge is 0.164 e. The third-order valence-electron chi connectivity index (χ3n) is 2.95. The molecule has 1 unspecified atom stereocenters. The second kappa shape index (κ2) is 2.99. The van der Waals surface area contributed by atoms with Crippen LogP contribution < -0.4 is 0 Å². The quantitative estimate of drug-likeness (QED) is 0.639. The van der Waals surface area contributed by atoms with Crippen LogP contribution >= 0.6 is 0 Å². The van der Waals surface area contributed by atoms with Gasteiger partial charge in [0.15, 0.2) is 5.78 Å². The van der Waals surface area contributed by atoms with Gasteiger partial charge in [0.2, 0.25) is 0 Å². The van der Waals surface area contributed by atoms with Gasteiger partial charge in [0.05, 0.1) is 0 Å². The van der Waals surface area contributed by atoms with Gasteiger partial charge in [-0.3, -0.25) is 4.79 Å². The molecular weight excluding hydrogens is 160 g/mol. The van der Waals surface area contributed by atoms with Crippen LogP contribution in [0.5, 0.6) is 0 Å². The van der Waals surface area contributed by atoms with Crippen LogP contribution in [0.2, 0.25) is 0 Å². The molecule has 0 amide bonds. The summed E-state index contributed by atoms with van der Waals surface area (Å²) >= 11 is 0. The summed E-state index contributed by atoms with van der Waals surface area (Å²) in [5.74, 6) is 0.808. The van der Waals surface area contributed by atoms with Crippen molar-refractivity contribution in [1.29, 1.82) is 0 Å². The summed E-state index contributed by atoms with van der Waals surface area (Å²) < 4.78 is 0. The lowest BCUT2D eigenvalue weighted by molar-refractivity contribution is 0.0988. The first kappa shape index (κ1) is 8.49. The van der Waals surface area contributed by atoms with E-state index in [9.17, 15) is 4.79 Å². The summed E-state index contributed by atoms with van der Waals surface area (Å²) in [7, 11) is 0. The predicted molar refractivity (Wildman–Crippen MR) is 53.2 cm³/mol. The number of rotatable bonds is 1. The molecule has 1 aliphatic rings. The largest absolute Gasteiger partial charge is 0.294 e. The summed E-state index contributed by atoms with van der Waals surface area (Å²) in [5, 5.41) is 0. The van der Waals surface area contributed by atoms with Crippen LogP contribution in [0.4, 0.5) is 0 Å². The average Bonchev–Trinajstić information content (AvgIpc) is 2.44. The topological polar surface area (TPSA) is 17.1 Å². The normalized spacial score (nSPS) is 20.5. The molecule has 1 heteroatoms. The van der Waals surface area contributed by atoms with Crippen molar-refractivity contribution >= 4 is 5.78 Å². The number of Topliss-reactive ketones (excluding diaryl/α,β-unsaturated/α-hetero) is 1. The summed E-state index contributed by atoms with van der Waals surface area (Å²) in [4.78, 5) is 11.7. The fraction of sp³-hybridized carbons (Fsp3) is 0.417. The fourth-order valence-corrected chi connectivity index (χ4v) is 2.21. The maximum Gasteiger partial charge on any atom is 0.164 e. The van der Waals surface area contributed by atoms with E-state index >= 15 is 0 Å². The number of hydrogen-bond acceptors (Lipinski definition) is 1. The van der Waals surface area contributed by atoms with Crippen molar-refractivity contribution in [3.63, 3.8) is 0 Å². The van der Waals surface area contributed by atoms with Crippen molar-refractivity contribution < 1.29 is 4.79 Å². The van der Waals surface area contributed by atoms with Gasteiger partial charge in [-0.2, -0.15) is 0 Å². The number of carbonyl (C=O) groups excluding carboxylic acids is 1. The molecule has 2 rings (SSSR count). The highest BCUT2D eigenvalue weighted by Crippen LogP contribution is 2.36. The molecule has 0 N–H and O–H groups in total. The van der Waals surface area contributed by atoms with E-state index in [1.807, 2.05) is 13.0 Å². The molecule has 0 fully saturated rings. The first-order valence-corrected chi connectivity index (χ1v) is 4.86. The van der Waals surface area contributed by atoms with Crippen molar-refractivity contribution in [2.24, 2.45) is 0 Å². The highest BCUT2D eigenvalue weighted by atomic mass is 16.1. The molecule has 0 spiro atoms. The number of hydrogen-bond donors (Lipinski definition) is 0. The Balaban J connectivity index is 2.57. The monoisotopic (exact) mass is 174 g/mol. The minimum atomic E-state index is 0.333. The molecule has 0 radical (unpaired) electrons. The standard InChI is InChI=1S/C12H14O/c1-3-9-7-11(13)12-8(2)5-4-6-10(9)12/h4-6,9H,3,7H2,1-2H3. The molecule has 1 nitrogen and oxygen atoms in total. The lowest BCUT2D eigenvalue weighted by Gasteiger charge is -2.06. The van der Waals surface area contributed by atoms with Crippen LogP contribution in [-0.4, -0.2) is 5.78 Å². The van der Waals surface area contributed by atoms with Crippen molar-refractivity contribution in [2.45, 2.75) is 32.6 Å². The van der Waals surface area contributed by atoms with Gasteiger partial charge in [-0.15, -0.1) is 0 Å². The van der Waals surface area contributed by atoms with E-state index in [-0.39, 0.29) is 0 Å². The highest BCUT2D eigenvalue weighted by molar-refractivity contribution is 6.02. The van der Waals surface area contributed by atoms with Crippen LogP contribution in [0.1, 0.15) is 47.2 Å². The molecule has 1 aliphatic carbocycles. The Kier molecular flexibility index (Phi) is 1.95. The third kappa shape index (κ3) is 1.19. The summed E-state index contributed by atoms with van der Waals surface area (Å²) in [6.45, 7) is 4.17. The van der Waals surface area contributed by atoms with E-state index in [2.05, 4.69) is 19.1 Å². The molecule has 68 valence electrons. The molecule has 1 atom stereocenters. The average molecular weight is 174 g/mol. The Morgan fingerprint density at radius 1 is 1.46 bits per heavy atom. The number of benzene rings is 1. The SMILES string of the molecule is CCC1CC(=O)c2c(C)cccc21. The van der Waals surface area contributed by atoms with Gasteiger partial charge in [0, 0.05) is 12.0 Å². The lowest BCUT2D eigenvalue weighted by Crippen LogP contribution is -1.94. The summed E-state index contributed by atoms with van der Waals surface area (Å²) in [6.07, 6.45) is 1.79. The zero-order chi connectivity index (χ0) is 9.42. The third-order valence-corrected chi connectivity index (χ3v) is 2.95. The molecule has 0 aromatic heterocycles. The van der Waals surface area contributed by atoms with Gasteiger partial charge in [-0.1, -0.05) is 25.1 Å². The Labute approximate surface area is 78.8 Å². The van der Waals surface area contributed by atoms with Crippen LogP contribution in [0.25, 0.3) is 0 Å². The molecule has 1 aromatic carbocycles. The summed E-state index contributed by atoms with van der Waals surface area (Å²) in [5.41, 5.74) is 3.40. The number of ketones is 1. The van der Waals surface area contributed by atoms with Gasteiger partial charge in [0.25, 0.3) is 0 Å². The van der Waals surface area contributed by atoms with Crippen LogP contribution in [0.3, 0.4) is 0 Å². The number of carbonyl (C=O) groups is 1. The van der Waals surface area contributed by atoms with E-state index in [1.165, 1.54) is 5.56 Å². The molecule has 0 saturated carbocycles. The van der Waals surface area contributed by atoms with E-state index in [1.54, 1.807) is 0 Å². The minimum absolute atomic E-state index is 0.333. The molecule has 0 saturated heterocycles. The molecule has 0 bridgehead atoms.